The van der Waals surface area contributed by atoms with E-state index in [1.54, 1.807) is 25.3 Å². The van der Waals surface area contributed by atoms with Gasteiger partial charge in [0.15, 0.2) is 24.6 Å². The Kier molecular flexibility index (Phi) is 7.51. The highest BCUT2D eigenvalue weighted by atomic mass is 16.6. The third kappa shape index (κ3) is 6.12. The van der Waals surface area contributed by atoms with Crippen LogP contribution in [0.3, 0.4) is 0 Å². The van der Waals surface area contributed by atoms with E-state index in [0.29, 0.717) is 43.5 Å². The number of nitrogens with one attached hydrogen (secondary N) is 3. The maximum atomic E-state index is 12.4. The molecule has 0 aliphatic carbocycles. The number of ether oxygens (including phenoxy) is 3. The number of quaternary nitrogens is 1. The number of methoxy groups -OCH3 is 1. The molecule has 2 amide bonds. The molecule has 0 bridgehead atoms. The topological polar surface area (TPSA) is 90.3 Å². The number of anilines is 1. The Labute approximate surface area is 176 Å². The fourth-order valence-corrected chi connectivity index (χ4v) is 3.10. The molecule has 30 heavy (non-hydrogen) atoms. The minimum atomic E-state index is -0.161. The number of hydrogen-bond acceptors (Lipinski definition) is 5. The van der Waals surface area contributed by atoms with Crippen LogP contribution in [-0.4, -0.2) is 51.8 Å². The van der Waals surface area contributed by atoms with Gasteiger partial charge in [0.2, 0.25) is 0 Å². The van der Waals surface area contributed by atoms with Crippen LogP contribution in [0.25, 0.3) is 0 Å². The summed E-state index contributed by atoms with van der Waals surface area (Å²) in [5.41, 5.74) is 1.63. The van der Waals surface area contributed by atoms with Gasteiger partial charge in [0, 0.05) is 18.3 Å². The van der Waals surface area contributed by atoms with E-state index in [2.05, 4.69) is 10.6 Å². The largest absolute Gasteiger partial charge is 0.497 e. The summed E-state index contributed by atoms with van der Waals surface area (Å²) in [7, 11) is 1.61. The smallest absolute Gasteiger partial charge is 0.279 e. The zero-order valence-electron chi connectivity index (χ0n) is 17.3. The minimum absolute atomic E-state index is 0.102. The number of fused-ring (bicyclic) bond motifs is 1. The van der Waals surface area contributed by atoms with E-state index in [1.807, 2.05) is 31.2 Å². The molecule has 0 spiro atoms. The molecule has 8 nitrogen and oxygen atoms in total. The van der Waals surface area contributed by atoms with E-state index in [0.717, 1.165) is 16.2 Å². The van der Waals surface area contributed by atoms with Gasteiger partial charge in [-0.1, -0.05) is 12.1 Å². The second-order valence-corrected chi connectivity index (χ2v) is 6.99. The summed E-state index contributed by atoms with van der Waals surface area (Å²) in [6.07, 6.45) is 0. The van der Waals surface area contributed by atoms with E-state index in [4.69, 9.17) is 14.2 Å². The number of benzene rings is 2. The van der Waals surface area contributed by atoms with Crippen molar-refractivity contribution >= 4 is 17.5 Å². The molecule has 3 rings (SSSR count). The summed E-state index contributed by atoms with van der Waals surface area (Å²) in [4.78, 5) is 25.6. The number of likely N-dealkylation sites (N-methyl/N-ethyl adjacent to an activating group) is 1. The van der Waals surface area contributed by atoms with Gasteiger partial charge in [-0.25, -0.2) is 0 Å². The molecule has 0 saturated heterocycles. The monoisotopic (exact) mass is 414 g/mol. The molecule has 1 heterocycles. The van der Waals surface area contributed by atoms with Gasteiger partial charge in [-0.05, 0) is 36.8 Å². The van der Waals surface area contributed by atoms with E-state index >= 15 is 0 Å². The average molecular weight is 414 g/mol. The number of carbonyl (C=O) groups is 2. The molecule has 2 aromatic carbocycles. The summed E-state index contributed by atoms with van der Waals surface area (Å²) in [6.45, 7) is 4.47. The highest BCUT2D eigenvalue weighted by Crippen LogP contribution is 2.32. The van der Waals surface area contributed by atoms with Crippen LogP contribution < -0.4 is 29.7 Å². The summed E-state index contributed by atoms with van der Waals surface area (Å²) >= 11 is 0. The first-order valence-corrected chi connectivity index (χ1v) is 10.00. The molecule has 0 saturated carbocycles. The molecule has 3 N–H and O–H groups in total. The number of carbonyl (C=O) groups excluding carboxylic acids is 2. The quantitative estimate of drug-likeness (QED) is 0.560. The van der Waals surface area contributed by atoms with Gasteiger partial charge in [0.25, 0.3) is 11.8 Å². The SMILES string of the molecule is CC[NH+](CC(=O)NCc1ccc(OC)cc1)CC(=O)Nc1ccc2c(c1)OCCO2. The predicted octanol–water partition coefficient (Wildman–Crippen LogP) is 0.626. The summed E-state index contributed by atoms with van der Waals surface area (Å²) in [6, 6.07) is 12.8. The lowest BCUT2D eigenvalue weighted by Gasteiger charge is -2.20. The Balaban J connectivity index is 1.45. The van der Waals surface area contributed by atoms with Crippen LogP contribution in [0.2, 0.25) is 0 Å². The minimum Gasteiger partial charge on any atom is -0.497 e. The Hall–Kier alpha value is -3.26. The Morgan fingerprint density at radius 1 is 1.00 bits per heavy atom. The number of hydrogen-bond donors (Lipinski definition) is 3. The van der Waals surface area contributed by atoms with Gasteiger partial charge in [-0.3, -0.25) is 9.59 Å². The fourth-order valence-electron chi connectivity index (χ4n) is 3.10. The van der Waals surface area contributed by atoms with Crippen LogP contribution in [0.4, 0.5) is 5.69 Å². The molecule has 1 aliphatic rings. The molecular weight excluding hydrogens is 386 g/mol. The van der Waals surface area contributed by atoms with E-state index in [9.17, 15) is 9.59 Å². The summed E-state index contributed by atoms with van der Waals surface area (Å²) in [5.74, 6) is 1.81. The number of amides is 2. The van der Waals surface area contributed by atoms with Crippen molar-refractivity contribution in [3.63, 3.8) is 0 Å². The van der Waals surface area contributed by atoms with E-state index < -0.39 is 0 Å². The van der Waals surface area contributed by atoms with Crippen molar-refractivity contribution in [2.45, 2.75) is 13.5 Å². The van der Waals surface area contributed by atoms with E-state index in [1.165, 1.54) is 0 Å². The zero-order chi connectivity index (χ0) is 21.3. The first-order valence-electron chi connectivity index (χ1n) is 10.00. The third-order valence-electron chi connectivity index (χ3n) is 4.80. The lowest BCUT2D eigenvalue weighted by molar-refractivity contribution is -0.881. The lowest BCUT2D eigenvalue weighted by atomic mass is 10.2. The first kappa shape index (κ1) is 21.4. The maximum Gasteiger partial charge on any atom is 0.279 e. The molecule has 1 atom stereocenters. The molecule has 1 aliphatic heterocycles. The van der Waals surface area contributed by atoms with Gasteiger partial charge in [0.05, 0.1) is 13.7 Å². The molecule has 1 unspecified atom stereocenters. The van der Waals surface area contributed by atoms with Crippen molar-refractivity contribution < 1.29 is 28.7 Å². The normalized spacial score (nSPS) is 13.3. The Bertz CT molecular complexity index is 870. The number of rotatable bonds is 9. The highest BCUT2D eigenvalue weighted by molar-refractivity contribution is 5.92. The van der Waals surface area contributed by atoms with Gasteiger partial charge < -0.3 is 29.7 Å². The van der Waals surface area contributed by atoms with Crippen LogP contribution >= 0.6 is 0 Å². The van der Waals surface area contributed by atoms with Crippen LogP contribution in [0.5, 0.6) is 17.2 Å². The molecular formula is C22H28N3O5+. The fraction of sp³-hybridized carbons (Fsp3) is 0.364. The van der Waals surface area contributed by atoms with Crippen molar-refractivity contribution in [3.8, 4) is 17.2 Å². The van der Waals surface area contributed by atoms with Gasteiger partial charge >= 0.3 is 0 Å². The molecule has 0 fully saturated rings. The molecule has 2 aromatic rings. The Morgan fingerprint density at radius 3 is 2.40 bits per heavy atom. The zero-order valence-corrected chi connectivity index (χ0v) is 17.3. The first-order chi connectivity index (χ1) is 14.6. The van der Waals surface area contributed by atoms with Crippen LogP contribution in [0.1, 0.15) is 12.5 Å². The molecule has 0 radical (unpaired) electrons. The van der Waals surface area contributed by atoms with Crippen LogP contribution in [0, 0.1) is 0 Å². The van der Waals surface area contributed by atoms with E-state index in [-0.39, 0.29) is 24.9 Å². The average Bonchev–Trinajstić information content (AvgIpc) is 2.77. The van der Waals surface area contributed by atoms with Gasteiger partial charge in [-0.15, -0.1) is 0 Å². The summed E-state index contributed by atoms with van der Waals surface area (Å²) in [5, 5.41) is 5.76. The van der Waals surface area contributed by atoms with Crippen molar-refractivity contribution in [2.24, 2.45) is 0 Å². The van der Waals surface area contributed by atoms with Gasteiger partial charge in [0.1, 0.15) is 19.0 Å². The second-order valence-electron chi connectivity index (χ2n) is 6.99. The highest BCUT2D eigenvalue weighted by Gasteiger charge is 2.18. The molecule has 8 heteroatoms. The van der Waals surface area contributed by atoms with Crippen molar-refractivity contribution in [2.75, 3.05) is 45.3 Å². The van der Waals surface area contributed by atoms with Crippen molar-refractivity contribution in [1.82, 2.24) is 5.32 Å². The summed E-state index contributed by atoms with van der Waals surface area (Å²) < 4.78 is 16.1. The Morgan fingerprint density at radius 2 is 1.70 bits per heavy atom. The van der Waals surface area contributed by atoms with Gasteiger partial charge in [-0.2, -0.15) is 0 Å². The van der Waals surface area contributed by atoms with Crippen LogP contribution in [0.15, 0.2) is 42.5 Å². The standard InChI is InChI=1S/C22H27N3O5/c1-3-25(14-21(26)23-13-16-4-7-18(28-2)8-5-16)15-22(27)24-17-6-9-19-20(12-17)30-11-10-29-19/h4-9,12H,3,10-11,13-15H2,1-2H3,(H,23,26)(H,24,27)/p+1. The van der Waals surface area contributed by atoms with Crippen molar-refractivity contribution in [3.05, 3.63) is 48.0 Å². The van der Waals surface area contributed by atoms with Crippen LogP contribution in [-0.2, 0) is 16.1 Å². The predicted molar refractivity (Wildman–Crippen MR) is 112 cm³/mol. The second kappa shape index (κ2) is 10.5. The maximum absolute atomic E-state index is 12.4. The third-order valence-corrected chi connectivity index (χ3v) is 4.80. The van der Waals surface area contributed by atoms with Crippen molar-refractivity contribution in [1.29, 1.82) is 0 Å². The lowest BCUT2D eigenvalue weighted by Crippen LogP contribution is -3.13. The molecule has 160 valence electrons. The molecule has 0 aromatic heterocycles.